The van der Waals surface area contributed by atoms with Gasteiger partial charge in [0.15, 0.2) is 0 Å². The second kappa shape index (κ2) is 7.02. The van der Waals surface area contributed by atoms with Crippen LogP contribution in [0.4, 0.5) is 11.4 Å². The molecule has 0 radical (unpaired) electrons. The van der Waals surface area contributed by atoms with Crippen LogP contribution in [0, 0.1) is 0 Å². The monoisotopic (exact) mass is 370 g/mol. The Morgan fingerprint density at radius 1 is 1.30 bits per heavy atom. The van der Waals surface area contributed by atoms with Crippen molar-refractivity contribution in [3.05, 3.63) is 52.0 Å². The fourth-order valence-electron chi connectivity index (χ4n) is 1.53. The molecule has 104 valence electrons. The Bertz CT molecular complexity index is 636. The summed E-state index contributed by atoms with van der Waals surface area (Å²) in [6, 6.07) is 12.8. The maximum Gasteiger partial charge on any atom is 0.234 e. The van der Waals surface area contributed by atoms with Crippen LogP contribution in [0.25, 0.3) is 0 Å². The van der Waals surface area contributed by atoms with Gasteiger partial charge in [0, 0.05) is 15.1 Å². The van der Waals surface area contributed by atoms with E-state index >= 15 is 0 Å². The summed E-state index contributed by atoms with van der Waals surface area (Å²) < 4.78 is 0.868. The maximum absolute atomic E-state index is 11.9. The Kier molecular flexibility index (Phi) is 5.34. The number of hydrogen-bond donors (Lipinski definition) is 2. The van der Waals surface area contributed by atoms with Crippen molar-refractivity contribution in [1.82, 2.24) is 0 Å². The number of nitrogens with one attached hydrogen (secondary N) is 1. The van der Waals surface area contributed by atoms with Crippen molar-refractivity contribution in [2.45, 2.75) is 4.90 Å². The molecular weight excluding hydrogens is 360 g/mol. The zero-order valence-electron chi connectivity index (χ0n) is 10.4. The van der Waals surface area contributed by atoms with Crippen molar-refractivity contribution in [3.8, 4) is 0 Å². The van der Waals surface area contributed by atoms with Crippen molar-refractivity contribution in [2.24, 2.45) is 0 Å². The van der Waals surface area contributed by atoms with Crippen molar-refractivity contribution < 1.29 is 4.79 Å². The summed E-state index contributed by atoms with van der Waals surface area (Å²) in [5.41, 5.74) is 7.09. The summed E-state index contributed by atoms with van der Waals surface area (Å²) in [5.74, 6) is 0.156. The van der Waals surface area contributed by atoms with Gasteiger partial charge >= 0.3 is 0 Å². The number of benzene rings is 2. The second-order valence-corrected chi connectivity index (χ2v) is 6.34. The largest absolute Gasteiger partial charge is 0.398 e. The van der Waals surface area contributed by atoms with Crippen LogP contribution in [0.3, 0.4) is 0 Å². The summed E-state index contributed by atoms with van der Waals surface area (Å²) in [6.07, 6.45) is 0. The molecule has 0 saturated heterocycles. The third-order valence-corrected chi connectivity index (χ3v) is 4.38. The number of carbonyl (C=O) groups is 1. The molecule has 0 aliphatic rings. The van der Waals surface area contributed by atoms with Crippen molar-refractivity contribution in [3.63, 3.8) is 0 Å². The highest BCUT2D eigenvalue weighted by Crippen LogP contribution is 2.27. The molecule has 0 atom stereocenters. The van der Waals surface area contributed by atoms with Gasteiger partial charge in [0.1, 0.15) is 0 Å². The molecule has 1 amide bonds. The van der Waals surface area contributed by atoms with Crippen molar-refractivity contribution in [1.29, 1.82) is 0 Å². The number of hydrogen-bond acceptors (Lipinski definition) is 3. The van der Waals surface area contributed by atoms with Gasteiger partial charge in [0.05, 0.1) is 16.5 Å². The molecule has 0 aliphatic heterocycles. The van der Waals surface area contributed by atoms with Gasteiger partial charge in [-0.2, -0.15) is 0 Å². The van der Waals surface area contributed by atoms with Gasteiger partial charge in [-0.15, -0.1) is 11.8 Å². The normalized spacial score (nSPS) is 10.3. The quantitative estimate of drug-likeness (QED) is 0.618. The van der Waals surface area contributed by atoms with E-state index in [2.05, 4.69) is 21.2 Å². The maximum atomic E-state index is 11.9. The molecule has 2 rings (SSSR count). The first-order chi connectivity index (χ1) is 9.56. The molecule has 6 heteroatoms. The van der Waals surface area contributed by atoms with E-state index in [-0.39, 0.29) is 11.7 Å². The number of halogens is 2. The lowest BCUT2D eigenvalue weighted by Crippen LogP contribution is -2.14. The first-order valence-electron chi connectivity index (χ1n) is 5.78. The highest BCUT2D eigenvalue weighted by Gasteiger charge is 2.08. The van der Waals surface area contributed by atoms with Crippen LogP contribution >= 0.6 is 39.3 Å². The number of amides is 1. The molecule has 0 aromatic heterocycles. The molecule has 3 nitrogen and oxygen atoms in total. The minimum Gasteiger partial charge on any atom is -0.398 e. The Morgan fingerprint density at radius 3 is 2.75 bits per heavy atom. The Labute approximate surface area is 135 Å². The summed E-state index contributed by atoms with van der Waals surface area (Å²) in [5, 5.41) is 3.27. The highest BCUT2D eigenvalue weighted by atomic mass is 79.9. The van der Waals surface area contributed by atoms with Gasteiger partial charge in [-0.3, -0.25) is 4.79 Å². The molecule has 0 aliphatic carbocycles. The van der Waals surface area contributed by atoms with Gasteiger partial charge in [-0.1, -0.05) is 39.7 Å². The third kappa shape index (κ3) is 4.16. The topological polar surface area (TPSA) is 55.1 Å². The number of rotatable bonds is 4. The fraction of sp³-hybridized carbons (Fsp3) is 0.0714. The standard InChI is InChI=1S/C14H12BrClN2OS/c15-9-5-6-12(10(16)7-9)18-14(19)8-20-13-4-2-1-3-11(13)17/h1-7H,8,17H2,(H,18,19). The number of carbonyl (C=O) groups excluding carboxylic acids is 1. The second-order valence-electron chi connectivity index (χ2n) is 4.00. The van der Waals surface area contributed by atoms with E-state index in [0.717, 1.165) is 9.37 Å². The zero-order valence-corrected chi connectivity index (χ0v) is 13.6. The summed E-state index contributed by atoms with van der Waals surface area (Å²) in [7, 11) is 0. The molecule has 0 fully saturated rings. The number of nitrogens with two attached hydrogens (primary N) is 1. The number of nitrogen functional groups attached to an aromatic ring is 1. The van der Waals surface area contributed by atoms with Gasteiger partial charge in [-0.05, 0) is 30.3 Å². The van der Waals surface area contributed by atoms with E-state index in [4.69, 9.17) is 17.3 Å². The molecule has 0 heterocycles. The van der Waals surface area contributed by atoms with Gasteiger partial charge < -0.3 is 11.1 Å². The number of anilines is 2. The van der Waals surface area contributed by atoms with Crippen LogP contribution in [0.1, 0.15) is 0 Å². The molecular formula is C14H12BrClN2OS. The van der Waals surface area contributed by atoms with Crippen molar-refractivity contribution >= 4 is 56.6 Å². The summed E-state index contributed by atoms with van der Waals surface area (Å²) in [4.78, 5) is 12.8. The minimum absolute atomic E-state index is 0.123. The van der Waals surface area contributed by atoms with E-state index in [9.17, 15) is 4.79 Å². The van der Waals surface area contributed by atoms with Crippen LogP contribution < -0.4 is 11.1 Å². The minimum atomic E-state index is -0.123. The van der Waals surface area contributed by atoms with Crippen LogP contribution in [0.15, 0.2) is 51.8 Å². The number of thioether (sulfide) groups is 1. The lowest BCUT2D eigenvalue weighted by molar-refractivity contribution is -0.113. The predicted molar refractivity (Wildman–Crippen MR) is 89.4 cm³/mol. The van der Waals surface area contributed by atoms with Crippen LogP contribution in [0.2, 0.25) is 5.02 Å². The predicted octanol–water partition coefficient (Wildman–Crippen LogP) is 4.42. The Hall–Kier alpha value is -1.17. The fourth-order valence-corrected chi connectivity index (χ4v) is 3.02. The van der Waals surface area contributed by atoms with E-state index in [0.29, 0.717) is 16.4 Å². The van der Waals surface area contributed by atoms with Gasteiger partial charge in [0.2, 0.25) is 5.91 Å². The van der Waals surface area contributed by atoms with E-state index in [1.54, 1.807) is 12.1 Å². The van der Waals surface area contributed by atoms with Crippen LogP contribution in [0.5, 0.6) is 0 Å². The summed E-state index contributed by atoms with van der Waals surface area (Å²) >= 11 is 10.8. The first kappa shape index (κ1) is 15.2. The number of para-hydroxylation sites is 1. The van der Waals surface area contributed by atoms with Crippen LogP contribution in [-0.4, -0.2) is 11.7 Å². The van der Waals surface area contributed by atoms with Crippen LogP contribution in [-0.2, 0) is 4.79 Å². The third-order valence-electron chi connectivity index (χ3n) is 2.48. The first-order valence-corrected chi connectivity index (χ1v) is 7.94. The molecule has 0 saturated carbocycles. The molecule has 0 spiro atoms. The zero-order chi connectivity index (χ0) is 14.5. The summed E-state index contributed by atoms with van der Waals surface area (Å²) in [6.45, 7) is 0. The molecule has 2 aromatic carbocycles. The Morgan fingerprint density at radius 2 is 2.05 bits per heavy atom. The van der Waals surface area contributed by atoms with E-state index in [1.807, 2.05) is 30.3 Å². The lowest BCUT2D eigenvalue weighted by atomic mass is 10.3. The highest BCUT2D eigenvalue weighted by molar-refractivity contribution is 9.10. The average molecular weight is 372 g/mol. The molecule has 3 N–H and O–H groups in total. The molecule has 20 heavy (non-hydrogen) atoms. The van der Waals surface area contributed by atoms with Gasteiger partial charge in [-0.25, -0.2) is 0 Å². The average Bonchev–Trinajstić information content (AvgIpc) is 2.41. The van der Waals surface area contributed by atoms with E-state index < -0.39 is 0 Å². The molecule has 0 unspecified atom stereocenters. The lowest BCUT2D eigenvalue weighted by Gasteiger charge is -2.08. The van der Waals surface area contributed by atoms with Gasteiger partial charge in [0.25, 0.3) is 0 Å². The molecule has 2 aromatic rings. The SMILES string of the molecule is Nc1ccccc1SCC(=O)Nc1ccc(Br)cc1Cl. The Balaban J connectivity index is 1.94. The smallest absolute Gasteiger partial charge is 0.234 e. The molecule has 0 bridgehead atoms. The van der Waals surface area contributed by atoms with E-state index in [1.165, 1.54) is 11.8 Å². The van der Waals surface area contributed by atoms with Crippen molar-refractivity contribution in [2.75, 3.05) is 16.8 Å².